The van der Waals surface area contributed by atoms with E-state index in [4.69, 9.17) is 14.2 Å². The average Bonchev–Trinajstić information content (AvgIpc) is 3.00. The van der Waals surface area contributed by atoms with Gasteiger partial charge in [-0.15, -0.1) is 0 Å². The number of hydrogen-bond donors (Lipinski definition) is 1. The van der Waals surface area contributed by atoms with Crippen molar-refractivity contribution in [1.29, 1.82) is 0 Å². The fourth-order valence-corrected chi connectivity index (χ4v) is 4.44. The molecule has 42 heavy (non-hydrogen) atoms. The van der Waals surface area contributed by atoms with Gasteiger partial charge < -0.3 is 19.5 Å². The second-order valence-corrected chi connectivity index (χ2v) is 9.44. The summed E-state index contributed by atoms with van der Waals surface area (Å²) in [6.45, 7) is 3.58. The number of methoxy groups -OCH3 is 2. The number of amides is 1. The van der Waals surface area contributed by atoms with Gasteiger partial charge in [0.15, 0.2) is 22.9 Å². The van der Waals surface area contributed by atoms with Crippen molar-refractivity contribution >= 4 is 22.7 Å². The molecule has 0 radical (unpaired) electrons. The van der Waals surface area contributed by atoms with Crippen molar-refractivity contribution in [2.45, 2.75) is 20.4 Å². The quantitative estimate of drug-likeness (QED) is 0.248. The highest BCUT2D eigenvalue weighted by Crippen LogP contribution is 2.28. The van der Waals surface area contributed by atoms with E-state index >= 15 is 0 Å². The van der Waals surface area contributed by atoms with Crippen LogP contribution in [0, 0.1) is 6.92 Å². The summed E-state index contributed by atoms with van der Waals surface area (Å²) in [5.74, 6) is 1.31. The molecule has 3 aromatic carbocycles. The first-order valence-electron chi connectivity index (χ1n) is 13.1. The maximum absolute atomic E-state index is 13.0. The zero-order valence-corrected chi connectivity index (χ0v) is 23.5. The number of ketones is 1. The normalized spacial score (nSPS) is 10.8. The molecule has 0 bridgehead atoms. The minimum atomic E-state index is -0.303. The number of rotatable bonds is 9. The summed E-state index contributed by atoms with van der Waals surface area (Å²) in [6, 6.07) is 21.9. The van der Waals surface area contributed by atoms with Crippen molar-refractivity contribution in [2.24, 2.45) is 0 Å². The topological polar surface area (TPSA) is 122 Å². The van der Waals surface area contributed by atoms with Crippen LogP contribution >= 0.6 is 0 Å². The first-order chi connectivity index (χ1) is 20.3. The molecule has 0 spiro atoms. The van der Waals surface area contributed by atoms with Crippen molar-refractivity contribution < 1.29 is 23.8 Å². The number of carbonyl (C=O) groups is 2. The molecule has 0 fully saturated rings. The lowest BCUT2D eigenvalue weighted by atomic mass is 10.1. The first kappa shape index (κ1) is 28.0. The molecule has 5 aromatic rings. The lowest BCUT2D eigenvalue weighted by molar-refractivity contribution is 0.0950. The Morgan fingerprint density at radius 3 is 2.19 bits per heavy atom. The molecule has 2 heterocycles. The molecule has 0 saturated heterocycles. The second kappa shape index (κ2) is 11.9. The van der Waals surface area contributed by atoms with Gasteiger partial charge >= 0.3 is 6.01 Å². The van der Waals surface area contributed by atoms with E-state index in [1.807, 2.05) is 6.07 Å². The number of nitrogens with zero attached hydrogens (tertiary/aromatic N) is 3. The number of benzene rings is 3. The van der Waals surface area contributed by atoms with E-state index in [2.05, 4.69) is 15.3 Å². The third-order valence-corrected chi connectivity index (χ3v) is 6.68. The molecule has 10 heteroatoms. The Balaban J connectivity index is 1.39. The summed E-state index contributed by atoms with van der Waals surface area (Å²) in [5, 5.41) is 3.56. The van der Waals surface area contributed by atoms with Crippen LogP contribution in [0.3, 0.4) is 0 Å². The van der Waals surface area contributed by atoms with Crippen LogP contribution in [0.4, 0.5) is 0 Å². The van der Waals surface area contributed by atoms with Gasteiger partial charge in [0.05, 0.1) is 25.6 Å². The number of pyridine rings is 1. The maximum atomic E-state index is 13.0. The lowest BCUT2D eigenvalue weighted by Gasteiger charge is -2.13. The Bertz CT molecular complexity index is 1850. The van der Waals surface area contributed by atoms with Gasteiger partial charge in [-0.05, 0) is 86.1 Å². The smallest absolute Gasteiger partial charge is 0.324 e. The van der Waals surface area contributed by atoms with E-state index in [1.165, 1.54) is 17.6 Å². The monoisotopic (exact) mass is 564 g/mol. The highest BCUT2D eigenvalue weighted by molar-refractivity contribution is 5.94. The molecule has 5 rings (SSSR count). The van der Waals surface area contributed by atoms with Gasteiger partial charge in [-0.2, -0.15) is 9.97 Å². The first-order valence-corrected chi connectivity index (χ1v) is 13.1. The molecular weight excluding hydrogens is 536 g/mol. The zero-order chi connectivity index (χ0) is 29.8. The van der Waals surface area contributed by atoms with Crippen molar-refractivity contribution in [3.8, 4) is 28.9 Å². The number of fused-ring (bicyclic) bond motifs is 1. The van der Waals surface area contributed by atoms with Gasteiger partial charge in [0.1, 0.15) is 5.75 Å². The second-order valence-electron chi connectivity index (χ2n) is 9.44. The highest BCUT2D eigenvalue weighted by Gasteiger charge is 2.14. The Hall–Kier alpha value is -5.51. The summed E-state index contributed by atoms with van der Waals surface area (Å²) >= 11 is 0. The predicted molar refractivity (Wildman–Crippen MR) is 157 cm³/mol. The van der Waals surface area contributed by atoms with Crippen molar-refractivity contribution in [1.82, 2.24) is 19.9 Å². The van der Waals surface area contributed by atoms with Gasteiger partial charge in [-0.25, -0.2) is 0 Å². The Morgan fingerprint density at radius 1 is 0.833 bits per heavy atom. The summed E-state index contributed by atoms with van der Waals surface area (Å²) in [7, 11) is 3.12. The maximum Gasteiger partial charge on any atom is 0.324 e. The Labute approximate surface area is 241 Å². The SMILES string of the molecule is COc1ccc(CNC(=O)c2ccc(-n3c(=O)ccc4c(C)nc(Oc5ccc(C(C)=O)cc5)nc43)cc2)cc1OC. The van der Waals surface area contributed by atoms with E-state index in [0.29, 0.717) is 57.3 Å². The predicted octanol–water partition coefficient (Wildman–Crippen LogP) is 5.03. The number of nitrogens with one attached hydrogen (secondary N) is 1. The zero-order valence-electron chi connectivity index (χ0n) is 23.5. The molecule has 1 N–H and O–H groups in total. The van der Waals surface area contributed by atoms with Crippen LogP contribution in [0.1, 0.15) is 38.9 Å². The van der Waals surface area contributed by atoms with E-state index in [0.717, 1.165) is 5.56 Å². The molecule has 10 nitrogen and oxygen atoms in total. The lowest BCUT2D eigenvalue weighted by Crippen LogP contribution is -2.23. The van der Waals surface area contributed by atoms with Crippen molar-refractivity contribution in [3.63, 3.8) is 0 Å². The number of carbonyl (C=O) groups excluding carboxylic acids is 2. The number of ether oxygens (including phenoxy) is 3. The fraction of sp³-hybridized carbons (Fsp3) is 0.156. The van der Waals surface area contributed by atoms with Crippen LogP contribution in [0.2, 0.25) is 0 Å². The van der Waals surface area contributed by atoms with Crippen molar-refractivity contribution in [2.75, 3.05) is 14.2 Å². The molecule has 0 aliphatic rings. The summed E-state index contributed by atoms with van der Waals surface area (Å²) in [6.07, 6.45) is 0. The number of hydrogen-bond acceptors (Lipinski definition) is 8. The largest absolute Gasteiger partial charge is 0.493 e. The van der Waals surface area contributed by atoms with Crippen molar-refractivity contribution in [3.05, 3.63) is 112 Å². The standard InChI is InChI=1S/C32H28N4O6/c1-19-26-14-16-29(38)36(30(26)35-32(34-19)42-25-12-8-22(9-13-25)20(2)37)24-10-6-23(7-11-24)31(39)33-18-21-5-15-27(40-3)28(17-21)41-4/h5-17H,18H2,1-4H3,(H,33,39). The minimum absolute atomic E-state index is 0.0511. The Morgan fingerprint density at radius 2 is 1.52 bits per heavy atom. The van der Waals surface area contributed by atoms with E-state index in [-0.39, 0.29) is 23.3 Å². The molecule has 212 valence electrons. The number of aryl methyl sites for hydroxylation is 1. The fourth-order valence-electron chi connectivity index (χ4n) is 4.44. The highest BCUT2D eigenvalue weighted by atomic mass is 16.5. The molecule has 0 aliphatic heterocycles. The molecule has 0 aliphatic carbocycles. The summed E-state index contributed by atoms with van der Waals surface area (Å²) in [4.78, 5) is 46.4. The summed E-state index contributed by atoms with van der Waals surface area (Å²) < 4.78 is 17.9. The summed E-state index contributed by atoms with van der Waals surface area (Å²) in [5.41, 5.74) is 3.04. The minimum Gasteiger partial charge on any atom is -0.493 e. The van der Waals surface area contributed by atoms with Gasteiger partial charge in [-0.1, -0.05) is 6.07 Å². The van der Waals surface area contributed by atoms with E-state index < -0.39 is 0 Å². The van der Waals surface area contributed by atoms with Crippen LogP contribution in [-0.2, 0) is 6.54 Å². The molecule has 0 atom stereocenters. The average molecular weight is 565 g/mol. The number of Topliss-reactive ketones (excluding diaryl/α,β-unsaturated/α-hetero) is 1. The molecule has 0 unspecified atom stereocenters. The Kier molecular flexibility index (Phi) is 7.96. The van der Waals surface area contributed by atoms with Crippen LogP contribution in [-0.4, -0.2) is 40.4 Å². The van der Waals surface area contributed by atoms with Gasteiger partial charge in [0.2, 0.25) is 0 Å². The van der Waals surface area contributed by atoms with Gasteiger partial charge in [-0.3, -0.25) is 19.0 Å². The van der Waals surface area contributed by atoms with Crippen LogP contribution in [0.5, 0.6) is 23.3 Å². The van der Waals surface area contributed by atoms with E-state index in [1.54, 1.807) is 87.9 Å². The van der Waals surface area contributed by atoms with Gasteiger partial charge in [0.25, 0.3) is 11.5 Å². The molecule has 2 aromatic heterocycles. The third-order valence-electron chi connectivity index (χ3n) is 6.68. The van der Waals surface area contributed by atoms with Crippen LogP contribution in [0.15, 0.2) is 83.7 Å². The number of aromatic nitrogens is 3. The molecule has 1 amide bonds. The van der Waals surface area contributed by atoms with Crippen LogP contribution in [0.25, 0.3) is 16.7 Å². The molecular formula is C32H28N4O6. The molecule has 0 saturated carbocycles. The third kappa shape index (κ3) is 5.83. The van der Waals surface area contributed by atoms with Gasteiger partial charge in [0, 0.05) is 29.1 Å². The van der Waals surface area contributed by atoms with Crippen LogP contribution < -0.4 is 25.1 Å². The van der Waals surface area contributed by atoms with E-state index in [9.17, 15) is 14.4 Å².